The van der Waals surface area contributed by atoms with Crippen LogP contribution in [-0.4, -0.2) is 21.9 Å². The van der Waals surface area contributed by atoms with Gasteiger partial charge in [0.1, 0.15) is 5.60 Å². The highest BCUT2D eigenvalue weighted by atomic mass is 16.3. The first-order valence-electron chi connectivity index (χ1n) is 9.42. The Morgan fingerprint density at radius 2 is 1.87 bits per heavy atom. The highest BCUT2D eigenvalue weighted by molar-refractivity contribution is 5.28. The summed E-state index contributed by atoms with van der Waals surface area (Å²) in [5.41, 5.74) is 0.751. The largest absolute Gasteiger partial charge is 0.393 e. The summed E-state index contributed by atoms with van der Waals surface area (Å²) in [5.74, 6) is 4.65. The Kier molecular flexibility index (Phi) is 3.33. The number of hydrogen-bond donors (Lipinski definition) is 2. The SMILES string of the molecule is C#C[C@@]1(O)CC[C@@H]2[C@H]3CC=C4C[C@H](O)CC[C@@]4(C)[C@@H]3CC[C@]21C. The molecule has 0 saturated heterocycles. The Morgan fingerprint density at radius 3 is 2.61 bits per heavy atom. The fraction of sp³-hybridized carbons (Fsp3) is 0.810. The molecule has 4 rings (SSSR count). The molecule has 2 nitrogen and oxygen atoms in total. The van der Waals surface area contributed by atoms with Gasteiger partial charge in [-0.1, -0.05) is 31.4 Å². The van der Waals surface area contributed by atoms with E-state index in [1.807, 2.05) is 0 Å². The fourth-order valence-electron chi connectivity index (χ4n) is 6.89. The van der Waals surface area contributed by atoms with Crippen LogP contribution in [0.2, 0.25) is 0 Å². The summed E-state index contributed by atoms with van der Waals surface area (Å²) in [6, 6.07) is 0. The van der Waals surface area contributed by atoms with Crippen molar-refractivity contribution in [2.75, 3.05) is 0 Å². The van der Waals surface area contributed by atoms with Crippen LogP contribution in [0.15, 0.2) is 11.6 Å². The van der Waals surface area contributed by atoms with Gasteiger partial charge in [0, 0.05) is 5.41 Å². The van der Waals surface area contributed by atoms with E-state index in [9.17, 15) is 10.2 Å². The summed E-state index contributed by atoms with van der Waals surface area (Å²) < 4.78 is 0. The van der Waals surface area contributed by atoms with E-state index in [2.05, 4.69) is 25.8 Å². The number of fused-ring (bicyclic) bond motifs is 5. The van der Waals surface area contributed by atoms with Gasteiger partial charge >= 0.3 is 0 Å². The molecule has 4 aliphatic rings. The van der Waals surface area contributed by atoms with E-state index in [4.69, 9.17) is 6.42 Å². The summed E-state index contributed by atoms with van der Waals surface area (Å²) in [5, 5.41) is 21.0. The van der Waals surface area contributed by atoms with Crippen LogP contribution in [0.25, 0.3) is 0 Å². The number of hydrogen-bond acceptors (Lipinski definition) is 2. The first-order chi connectivity index (χ1) is 10.8. The van der Waals surface area contributed by atoms with Crippen LogP contribution in [0.4, 0.5) is 0 Å². The van der Waals surface area contributed by atoms with Gasteiger partial charge in [0.15, 0.2) is 0 Å². The summed E-state index contributed by atoms with van der Waals surface area (Å²) >= 11 is 0. The van der Waals surface area contributed by atoms with Gasteiger partial charge in [-0.2, -0.15) is 0 Å². The monoisotopic (exact) mass is 314 g/mol. The first-order valence-corrected chi connectivity index (χ1v) is 9.42. The number of aliphatic hydroxyl groups excluding tert-OH is 1. The Bertz CT molecular complexity index is 587. The maximum Gasteiger partial charge on any atom is 0.130 e. The summed E-state index contributed by atoms with van der Waals surface area (Å²) in [6.45, 7) is 4.68. The van der Waals surface area contributed by atoms with Gasteiger partial charge in [-0.15, -0.1) is 6.42 Å². The highest BCUT2D eigenvalue weighted by Crippen LogP contribution is 2.66. The van der Waals surface area contributed by atoms with Crippen molar-refractivity contribution in [1.29, 1.82) is 0 Å². The Morgan fingerprint density at radius 1 is 1.13 bits per heavy atom. The van der Waals surface area contributed by atoms with Crippen LogP contribution >= 0.6 is 0 Å². The molecule has 0 heterocycles. The Hall–Kier alpha value is -0.780. The molecule has 126 valence electrons. The second-order valence-electron chi connectivity index (χ2n) is 9.16. The average Bonchev–Trinajstić information content (AvgIpc) is 2.80. The molecule has 3 fully saturated rings. The zero-order valence-corrected chi connectivity index (χ0v) is 14.5. The van der Waals surface area contributed by atoms with Gasteiger partial charge in [-0.25, -0.2) is 0 Å². The van der Waals surface area contributed by atoms with Crippen molar-refractivity contribution < 1.29 is 10.2 Å². The molecule has 0 unspecified atom stereocenters. The lowest BCUT2D eigenvalue weighted by atomic mass is 9.47. The van der Waals surface area contributed by atoms with Gasteiger partial charge < -0.3 is 10.2 Å². The molecule has 23 heavy (non-hydrogen) atoms. The van der Waals surface area contributed by atoms with Crippen LogP contribution in [0.1, 0.15) is 65.2 Å². The second-order valence-corrected chi connectivity index (χ2v) is 9.16. The van der Waals surface area contributed by atoms with E-state index < -0.39 is 5.60 Å². The molecular formula is C21H30O2. The molecule has 0 aromatic rings. The molecule has 4 aliphatic carbocycles. The number of aliphatic hydroxyl groups is 2. The Balaban J connectivity index is 1.69. The van der Waals surface area contributed by atoms with E-state index in [0.29, 0.717) is 17.8 Å². The summed E-state index contributed by atoms with van der Waals surface area (Å²) in [7, 11) is 0. The van der Waals surface area contributed by atoms with Crippen molar-refractivity contribution in [2.24, 2.45) is 28.6 Å². The highest BCUT2D eigenvalue weighted by Gasteiger charge is 2.63. The molecule has 0 aromatic heterocycles. The van der Waals surface area contributed by atoms with Crippen molar-refractivity contribution in [2.45, 2.75) is 76.9 Å². The van der Waals surface area contributed by atoms with Crippen molar-refractivity contribution in [1.82, 2.24) is 0 Å². The van der Waals surface area contributed by atoms with Crippen LogP contribution in [0.3, 0.4) is 0 Å². The topological polar surface area (TPSA) is 40.5 Å². The molecule has 0 amide bonds. The molecule has 0 aliphatic heterocycles. The van der Waals surface area contributed by atoms with Crippen LogP contribution < -0.4 is 0 Å². The molecule has 0 bridgehead atoms. The molecule has 3 saturated carbocycles. The van der Waals surface area contributed by atoms with E-state index in [-0.39, 0.29) is 16.9 Å². The lowest BCUT2D eigenvalue weighted by Gasteiger charge is -2.58. The third kappa shape index (κ3) is 1.90. The standard InChI is InChI=1S/C21H30O2/c1-4-21(23)12-9-18-16-6-5-14-13-15(22)7-10-19(14,2)17(16)8-11-20(18,21)3/h1,5,15-18,22-23H,6-13H2,2-3H3/t15-,16+,17-,18-,19-,20-,21-/m1/s1. The molecular weight excluding hydrogens is 284 g/mol. The third-order valence-corrected chi connectivity index (χ3v) is 8.47. The minimum atomic E-state index is -0.906. The van der Waals surface area contributed by atoms with E-state index in [1.54, 1.807) is 0 Å². The molecule has 2 heteroatoms. The van der Waals surface area contributed by atoms with Crippen molar-refractivity contribution in [3.63, 3.8) is 0 Å². The predicted molar refractivity (Wildman–Crippen MR) is 91.5 cm³/mol. The third-order valence-electron chi connectivity index (χ3n) is 8.47. The van der Waals surface area contributed by atoms with Gasteiger partial charge in [0.2, 0.25) is 0 Å². The molecule has 2 N–H and O–H groups in total. The lowest BCUT2D eigenvalue weighted by molar-refractivity contribution is -0.0969. The summed E-state index contributed by atoms with van der Waals surface area (Å²) in [6.07, 6.45) is 16.1. The van der Waals surface area contributed by atoms with Gasteiger partial charge in [0.25, 0.3) is 0 Å². The maximum absolute atomic E-state index is 11.0. The van der Waals surface area contributed by atoms with Crippen LogP contribution in [-0.2, 0) is 0 Å². The van der Waals surface area contributed by atoms with Gasteiger partial charge in [0.05, 0.1) is 6.10 Å². The van der Waals surface area contributed by atoms with Crippen molar-refractivity contribution >= 4 is 0 Å². The van der Waals surface area contributed by atoms with Gasteiger partial charge in [-0.05, 0) is 74.5 Å². The fourth-order valence-corrected chi connectivity index (χ4v) is 6.89. The zero-order chi connectivity index (χ0) is 16.5. The van der Waals surface area contributed by atoms with E-state index in [1.165, 1.54) is 12.0 Å². The number of allylic oxidation sites excluding steroid dienone is 1. The Labute approximate surface area is 140 Å². The number of rotatable bonds is 0. The van der Waals surface area contributed by atoms with Crippen molar-refractivity contribution in [3.8, 4) is 12.3 Å². The smallest absolute Gasteiger partial charge is 0.130 e. The minimum Gasteiger partial charge on any atom is -0.393 e. The zero-order valence-electron chi connectivity index (χ0n) is 14.5. The quantitative estimate of drug-likeness (QED) is 0.529. The first kappa shape index (κ1) is 15.7. The van der Waals surface area contributed by atoms with Crippen LogP contribution in [0.5, 0.6) is 0 Å². The van der Waals surface area contributed by atoms with E-state index in [0.717, 1.165) is 44.9 Å². The predicted octanol–water partition coefficient (Wildman–Crippen LogP) is 3.67. The minimum absolute atomic E-state index is 0.112. The average molecular weight is 314 g/mol. The van der Waals surface area contributed by atoms with Crippen molar-refractivity contribution in [3.05, 3.63) is 11.6 Å². The molecule has 0 aromatic carbocycles. The lowest BCUT2D eigenvalue weighted by Crippen LogP contribution is -2.54. The maximum atomic E-state index is 11.0. The van der Waals surface area contributed by atoms with Gasteiger partial charge in [-0.3, -0.25) is 0 Å². The van der Waals surface area contributed by atoms with E-state index >= 15 is 0 Å². The molecule has 0 spiro atoms. The number of terminal acetylenes is 1. The molecule has 0 radical (unpaired) electrons. The normalized spacial score (nSPS) is 55.2. The van der Waals surface area contributed by atoms with Crippen LogP contribution in [0, 0.1) is 40.9 Å². The molecule has 7 atom stereocenters. The second kappa shape index (κ2) is 4.87. The summed E-state index contributed by atoms with van der Waals surface area (Å²) in [4.78, 5) is 0.